The fourth-order valence-electron chi connectivity index (χ4n) is 3.25. The van der Waals surface area contributed by atoms with Crippen molar-refractivity contribution in [2.24, 2.45) is 5.73 Å². The maximum Gasteiger partial charge on any atom is 0.139 e. The van der Waals surface area contributed by atoms with Crippen molar-refractivity contribution in [3.63, 3.8) is 0 Å². The summed E-state index contributed by atoms with van der Waals surface area (Å²) < 4.78 is 5.49. The first-order valence-electron chi connectivity index (χ1n) is 7.92. The number of hydrogen-bond acceptors (Lipinski definition) is 3. The minimum atomic E-state index is -0.181. The van der Waals surface area contributed by atoms with Gasteiger partial charge in [0.2, 0.25) is 0 Å². The Bertz CT molecular complexity index is 975. The second kappa shape index (κ2) is 6.29. The quantitative estimate of drug-likeness (QED) is 0.597. The van der Waals surface area contributed by atoms with E-state index in [1.165, 1.54) is 0 Å². The molecular formula is C20H19BN2O. The van der Waals surface area contributed by atoms with Crippen LogP contribution in [0, 0.1) is 18.3 Å². The largest absolute Gasteiger partial charge is 0.464 e. The van der Waals surface area contributed by atoms with Crippen molar-refractivity contribution in [3.8, 4) is 6.07 Å². The van der Waals surface area contributed by atoms with Crippen molar-refractivity contribution in [1.29, 1.82) is 5.26 Å². The molecule has 0 saturated carbocycles. The predicted molar refractivity (Wildman–Crippen MR) is 99.9 cm³/mol. The van der Waals surface area contributed by atoms with Crippen molar-refractivity contribution < 1.29 is 4.42 Å². The molecule has 1 unspecified atom stereocenters. The summed E-state index contributed by atoms with van der Waals surface area (Å²) in [4.78, 5) is 0. The monoisotopic (exact) mass is 314 g/mol. The lowest BCUT2D eigenvalue weighted by Gasteiger charge is -2.21. The molecule has 4 heteroatoms. The topological polar surface area (TPSA) is 63.0 Å². The highest BCUT2D eigenvalue weighted by atomic mass is 16.3. The Balaban J connectivity index is 2.30. The van der Waals surface area contributed by atoms with Crippen LogP contribution in [0.4, 0.5) is 0 Å². The third kappa shape index (κ3) is 2.70. The molecule has 0 fully saturated rings. The molecule has 1 heterocycles. The first kappa shape index (κ1) is 16.0. The van der Waals surface area contributed by atoms with E-state index in [4.69, 9.17) is 10.2 Å². The van der Waals surface area contributed by atoms with E-state index in [9.17, 15) is 5.26 Å². The molecule has 3 rings (SSSR count). The third-order valence-electron chi connectivity index (χ3n) is 4.47. The Kier molecular flexibility index (Phi) is 4.18. The number of hydrogen-bond donors (Lipinski definition) is 1. The minimum Gasteiger partial charge on any atom is -0.464 e. The van der Waals surface area contributed by atoms with Gasteiger partial charge in [-0.3, -0.25) is 0 Å². The molecule has 1 atom stereocenters. The second-order valence-corrected chi connectivity index (χ2v) is 6.17. The van der Waals surface area contributed by atoms with E-state index in [0.717, 1.165) is 33.1 Å². The van der Waals surface area contributed by atoms with Gasteiger partial charge in [0.1, 0.15) is 13.4 Å². The zero-order chi connectivity index (χ0) is 17.3. The van der Waals surface area contributed by atoms with E-state index < -0.39 is 0 Å². The van der Waals surface area contributed by atoms with Crippen LogP contribution >= 0.6 is 0 Å². The van der Waals surface area contributed by atoms with Gasteiger partial charge in [-0.05, 0) is 42.7 Å². The lowest BCUT2D eigenvalue weighted by Crippen LogP contribution is -2.13. The highest BCUT2D eigenvalue weighted by Crippen LogP contribution is 2.36. The third-order valence-corrected chi connectivity index (χ3v) is 4.47. The Morgan fingerprint density at radius 2 is 2.04 bits per heavy atom. The number of furan rings is 1. The van der Waals surface area contributed by atoms with Gasteiger partial charge in [0.15, 0.2) is 0 Å². The number of nitriles is 1. The molecule has 24 heavy (non-hydrogen) atoms. The van der Waals surface area contributed by atoms with Crippen molar-refractivity contribution in [2.45, 2.75) is 19.8 Å². The second-order valence-electron chi connectivity index (χ2n) is 6.17. The normalized spacial score (nSPS) is 13.4. The number of nitrogens with zero attached hydrogens (tertiary/aromatic N) is 1. The van der Waals surface area contributed by atoms with Gasteiger partial charge in [0, 0.05) is 17.0 Å². The van der Waals surface area contributed by atoms with E-state index in [1.807, 2.05) is 24.3 Å². The lowest BCUT2D eigenvalue weighted by atomic mass is 9.80. The van der Waals surface area contributed by atoms with Gasteiger partial charge in [0.25, 0.3) is 0 Å². The van der Waals surface area contributed by atoms with Crippen LogP contribution in [0.3, 0.4) is 0 Å². The molecule has 0 aliphatic carbocycles. The fourth-order valence-corrected chi connectivity index (χ4v) is 3.25. The van der Waals surface area contributed by atoms with Crippen LogP contribution in [0.1, 0.15) is 29.5 Å². The number of fused-ring (bicyclic) bond motifs is 1. The van der Waals surface area contributed by atoms with Crippen molar-refractivity contribution >= 4 is 24.3 Å². The van der Waals surface area contributed by atoms with Crippen LogP contribution in [-0.2, 0) is 0 Å². The van der Waals surface area contributed by atoms with Crippen LogP contribution < -0.4 is 11.2 Å². The molecule has 1 aromatic heterocycles. The summed E-state index contributed by atoms with van der Waals surface area (Å²) in [5.74, 6) is -0.181. The molecule has 2 N–H and O–H groups in total. The minimum absolute atomic E-state index is 0.181. The standard InChI is InChI=1S/C20H19BN2O/c1-12-16-8-9-24-19(16)7-6-17(12)20(18(11-22)13(2)23)14-4-3-5-15(21)10-14/h3-10,20H,21,23H2,1-2H3/b18-13+. The lowest BCUT2D eigenvalue weighted by molar-refractivity contribution is 0.615. The Morgan fingerprint density at radius 3 is 2.71 bits per heavy atom. The fraction of sp³-hybridized carbons (Fsp3) is 0.150. The summed E-state index contributed by atoms with van der Waals surface area (Å²) in [5.41, 5.74) is 12.5. The maximum absolute atomic E-state index is 9.72. The average Bonchev–Trinajstić information content (AvgIpc) is 3.02. The Labute approximate surface area is 142 Å². The number of allylic oxidation sites excluding steroid dienone is 2. The van der Waals surface area contributed by atoms with Gasteiger partial charge in [-0.1, -0.05) is 35.8 Å². The van der Waals surface area contributed by atoms with Crippen LogP contribution in [0.2, 0.25) is 0 Å². The summed E-state index contributed by atoms with van der Waals surface area (Å²) in [6, 6.07) is 16.5. The van der Waals surface area contributed by atoms with Gasteiger partial charge >= 0.3 is 0 Å². The van der Waals surface area contributed by atoms with Gasteiger partial charge in [-0.2, -0.15) is 5.26 Å². The summed E-state index contributed by atoms with van der Waals surface area (Å²) >= 11 is 0. The van der Waals surface area contributed by atoms with Gasteiger partial charge in [-0.25, -0.2) is 0 Å². The van der Waals surface area contributed by atoms with E-state index >= 15 is 0 Å². The maximum atomic E-state index is 9.72. The smallest absolute Gasteiger partial charge is 0.139 e. The number of nitrogens with two attached hydrogens (primary N) is 1. The molecular weight excluding hydrogens is 295 g/mol. The molecule has 0 aliphatic rings. The Hall–Kier alpha value is -2.93. The van der Waals surface area contributed by atoms with Crippen LogP contribution in [-0.4, -0.2) is 7.85 Å². The van der Waals surface area contributed by atoms with Crippen molar-refractivity contribution in [3.05, 3.63) is 76.7 Å². The van der Waals surface area contributed by atoms with Crippen LogP contribution in [0.5, 0.6) is 0 Å². The van der Waals surface area contributed by atoms with E-state index in [-0.39, 0.29) is 5.92 Å². The highest BCUT2D eigenvalue weighted by Gasteiger charge is 2.23. The van der Waals surface area contributed by atoms with Gasteiger partial charge in [-0.15, -0.1) is 0 Å². The SMILES string of the molecule is Bc1cccc(C(/C(C#N)=C(\C)N)c2ccc3occc3c2C)c1. The molecule has 3 aromatic rings. The van der Waals surface area contributed by atoms with Crippen molar-refractivity contribution in [1.82, 2.24) is 0 Å². The molecule has 0 spiro atoms. The number of aryl methyl sites for hydroxylation is 1. The summed E-state index contributed by atoms with van der Waals surface area (Å²) in [6.45, 7) is 3.85. The van der Waals surface area contributed by atoms with E-state index in [0.29, 0.717) is 11.3 Å². The molecule has 0 aliphatic heterocycles. The van der Waals surface area contributed by atoms with Gasteiger partial charge < -0.3 is 10.2 Å². The van der Waals surface area contributed by atoms with E-state index in [1.54, 1.807) is 13.2 Å². The number of rotatable bonds is 3. The first-order valence-corrected chi connectivity index (χ1v) is 7.92. The molecule has 0 amide bonds. The highest BCUT2D eigenvalue weighted by molar-refractivity contribution is 6.32. The Morgan fingerprint density at radius 1 is 1.25 bits per heavy atom. The average molecular weight is 314 g/mol. The van der Waals surface area contributed by atoms with Crippen LogP contribution in [0.25, 0.3) is 11.0 Å². The van der Waals surface area contributed by atoms with Gasteiger partial charge in [0.05, 0.1) is 17.9 Å². The molecule has 0 saturated heterocycles. The van der Waals surface area contributed by atoms with E-state index in [2.05, 4.69) is 39.0 Å². The molecule has 0 bridgehead atoms. The molecule has 118 valence electrons. The summed E-state index contributed by atoms with van der Waals surface area (Å²) in [6.07, 6.45) is 1.69. The molecule has 3 nitrogen and oxygen atoms in total. The summed E-state index contributed by atoms with van der Waals surface area (Å²) in [7, 11) is 2.05. The number of benzene rings is 2. The van der Waals surface area contributed by atoms with Crippen molar-refractivity contribution in [2.75, 3.05) is 0 Å². The molecule has 0 radical (unpaired) electrons. The predicted octanol–water partition coefficient (Wildman–Crippen LogP) is 2.89. The zero-order valence-corrected chi connectivity index (χ0v) is 14.1. The first-order chi connectivity index (χ1) is 11.5. The zero-order valence-electron chi connectivity index (χ0n) is 14.1. The van der Waals surface area contributed by atoms with Crippen LogP contribution in [0.15, 0.2) is 64.4 Å². The summed E-state index contributed by atoms with van der Waals surface area (Å²) in [5, 5.41) is 10.8. The molecule has 2 aromatic carbocycles.